The van der Waals surface area contributed by atoms with E-state index in [0.29, 0.717) is 16.3 Å². The summed E-state index contributed by atoms with van der Waals surface area (Å²) in [6.45, 7) is 4.12. The van der Waals surface area contributed by atoms with Crippen molar-refractivity contribution in [1.82, 2.24) is 0 Å². The molecule has 5 heteroatoms. The first-order valence-electron chi connectivity index (χ1n) is 5.39. The minimum absolute atomic E-state index is 0.312. The van der Waals surface area contributed by atoms with Crippen molar-refractivity contribution in [1.29, 1.82) is 0 Å². The Morgan fingerprint density at radius 2 is 1.56 bits per heavy atom. The van der Waals surface area contributed by atoms with Crippen LogP contribution in [0.4, 0.5) is 0 Å². The van der Waals surface area contributed by atoms with Gasteiger partial charge in [0.2, 0.25) is 0 Å². The van der Waals surface area contributed by atoms with Crippen molar-refractivity contribution in [3.8, 4) is 0 Å². The molecule has 4 nitrogen and oxygen atoms in total. The fourth-order valence-corrected chi connectivity index (χ4v) is 5.89. The molecule has 0 rings (SSSR count). The second-order valence-corrected chi connectivity index (χ2v) is 23.9. The van der Waals surface area contributed by atoms with Crippen LogP contribution in [0.1, 0.15) is 13.8 Å². The molecule has 0 heterocycles. The Hall–Kier alpha value is -0.398. The number of carbonyl (C=O) groups is 2. The standard InChI is InChI=1S/C8H11O4.3CH3.Pb/c1-3-11-7(9)5-6-8(10)12-4-2;;;;/h5H,3-4H2,1-2H3;3*1H3;. The molecule has 0 radical (unpaired) electrons. The summed E-state index contributed by atoms with van der Waals surface area (Å²) in [7, 11) is 0. The summed E-state index contributed by atoms with van der Waals surface area (Å²) in [5.74, 6) is -0.829. The Balaban J connectivity index is 4.95. The molecule has 0 N–H and O–H groups in total. The summed E-state index contributed by atoms with van der Waals surface area (Å²) in [4.78, 5) is 23.0. The monoisotopic (exact) mass is 424 g/mol. The van der Waals surface area contributed by atoms with Gasteiger partial charge in [-0.25, -0.2) is 0 Å². The molecule has 0 amide bonds. The van der Waals surface area contributed by atoms with Crippen molar-refractivity contribution >= 4 is 33.1 Å². The molecule has 0 aliphatic heterocycles. The van der Waals surface area contributed by atoms with E-state index in [4.69, 9.17) is 9.47 Å². The van der Waals surface area contributed by atoms with Gasteiger partial charge in [-0.05, 0) is 0 Å². The average molecular weight is 423 g/mol. The molecule has 0 aliphatic carbocycles. The number of hydrogen-bond donors (Lipinski definition) is 0. The Morgan fingerprint density at radius 1 is 1.06 bits per heavy atom. The van der Waals surface area contributed by atoms with E-state index in [0.717, 1.165) is 0 Å². The van der Waals surface area contributed by atoms with Gasteiger partial charge in [-0.1, -0.05) is 0 Å². The van der Waals surface area contributed by atoms with Crippen LogP contribution in [0.2, 0.25) is 13.4 Å². The average Bonchev–Trinajstić information content (AvgIpc) is 2.13. The molecule has 0 saturated carbocycles. The van der Waals surface area contributed by atoms with Crippen LogP contribution in [0.3, 0.4) is 0 Å². The molecule has 0 aromatic heterocycles. The zero-order valence-electron chi connectivity index (χ0n) is 10.6. The second-order valence-electron chi connectivity index (χ2n) is 4.28. The van der Waals surface area contributed by atoms with Crippen LogP contribution in [0, 0.1) is 0 Å². The second kappa shape index (κ2) is 7.03. The molecule has 0 aromatic rings. The van der Waals surface area contributed by atoms with Crippen LogP contribution in [-0.4, -0.2) is 46.3 Å². The first-order chi connectivity index (χ1) is 7.32. The summed E-state index contributed by atoms with van der Waals surface area (Å²) in [6, 6.07) is 0. The Labute approximate surface area is 102 Å². The number of esters is 2. The van der Waals surface area contributed by atoms with Crippen LogP contribution in [-0.2, 0) is 19.1 Å². The molecule has 0 saturated heterocycles. The Bertz CT molecular complexity index is 289. The quantitative estimate of drug-likeness (QED) is 0.385. The van der Waals surface area contributed by atoms with Gasteiger partial charge in [0.25, 0.3) is 0 Å². The molecular formula is C11H20O4Pb. The number of rotatable bonds is 5. The molecular weight excluding hydrogens is 403 g/mol. The molecule has 0 aromatic carbocycles. The predicted octanol–water partition coefficient (Wildman–Crippen LogP) is 1.92. The van der Waals surface area contributed by atoms with Gasteiger partial charge in [0.15, 0.2) is 0 Å². The van der Waals surface area contributed by atoms with E-state index in [-0.39, 0.29) is 5.97 Å². The molecule has 0 fully saturated rings. The van der Waals surface area contributed by atoms with Crippen LogP contribution in [0.15, 0.2) is 9.21 Å². The third-order valence-electron chi connectivity index (χ3n) is 1.85. The first kappa shape index (κ1) is 15.6. The van der Waals surface area contributed by atoms with Crippen LogP contribution >= 0.6 is 0 Å². The van der Waals surface area contributed by atoms with E-state index >= 15 is 0 Å². The third kappa shape index (κ3) is 5.62. The number of ether oxygens (including phenoxy) is 2. The maximum atomic E-state index is 11.7. The van der Waals surface area contributed by atoms with E-state index in [1.165, 1.54) is 6.08 Å². The predicted molar refractivity (Wildman–Crippen MR) is 64.7 cm³/mol. The molecule has 16 heavy (non-hydrogen) atoms. The Kier molecular flexibility index (Phi) is 6.86. The molecule has 0 bridgehead atoms. The first-order valence-corrected chi connectivity index (χ1v) is 19.0. The van der Waals surface area contributed by atoms with Gasteiger partial charge in [-0.15, -0.1) is 0 Å². The number of hydrogen-bond acceptors (Lipinski definition) is 4. The summed E-state index contributed by atoms with van der Waals surface area (Å²) >= 11 is -2.76. The topological polar surface area (TPSA) is 52.6 Å². The van der Waals surface area contributed by atoms with Gasteiger partial charge in [0, 0.05) is 0 Å². The molecule has 92 valence electrons. The Morgan fingerprint density at radius 3 is 1.94 bits per heavy atom. The molecule has 0 spiro atoms. The summed E-state index contributed by atoms with van der Waals surface area (Å²) < 4.78 is 16.5. The fourth-order valence-electron chi connectivity index (χ4n) is 1.09. The van der Waals surface area contributed by atoms with Crippen molar-refractivity contribution in [3.63, 3.8) is 0 Å². The zero-order chi connectivity index (χ0) is 12.8. The summed E-state index contributed by atoms with van der Waals surface area (Å²) in [5, 5.41) is 0. The van der Waals surface area contributed by atoms with E-state index in [1.807, 2.05) is 0 Å². The molecule has 0 atom stereocenters. The van der Waals surface area contributed by atoms with Crippen molar-refractivity contribution in [3.05, 3.63) is 9.21 Å². The van der Waals surface area contributed by atoms with E-state index in [9.17, 15) is 9.59 Å². The van der Waals surface area contributed by atoms with Crippen molar-refractivity contribution < 1.29 is 19.1 Å². The molecule has 0 aliphatic rings. The third-order valence-corrected chi connectivity index (χ3v) is 9.49. The van der Waals surface area contributed by atoms with Gasteiger partial charge in [0.05, 0.1) is 0 Å². The zero-order valence-corrected chi connectivity index (χ0v) is 14.5. The van der Waals surface area contributed by atoms with E-state index < -0.39 is 27.1 Å². The van der Waals surface area contributed by atoms with Crippen molar-refractivity contribution in [2.24, 2.45) is 0 Å². The summed E-state index contributed by atoms with van der Waals surface area (Å²) in [6.07, 6.45) is 1.31. The van der Waals surface area contributed by atoms with Gasteiger partial charge >= 0.3 is 102 Å². The van der Waals surface area contributed by atoms with Crippen LogP contribution < -0.4 is 0 Å². The van der Waals surface area contributed by atoms with Crippen LogP contribution in [0.25, 0.3) is 0 Å². The van der Waals surface area contributed by atoms with Crippen molar-refractivity contribution in [2.75, 3.05) is 13.2 Å². The van der Waals surface area contributed by atoms with Gasteiger partial charge in [-0.2, -0.15) is 0 Å². The SMILES string of the molecule is CCOC(=O)/C=[C](/C(=O)OCC)[Pb]([CH3])([CH3])[CH3]. The fraction of sp³-hybridized carbons (Fsp3) is 0.636. The minimum atomic E-state index is -2.76. The maximum absolute atomic E-state index is 11.7. The van der Waals surface area contributed by atoms with E-state index in [2.05, 4.69) is 13.4 Å². The van der Waals surface area contributed by atoms with Crippen LogP contribution in [0.5, 0.6) is 0 Å². The van der Waals surface area contributed by atoms with Crippen molar-refractivity contribution in [2.45, 2.75) is 27.3 Å². The number of carbonyl (C=O) groups excluding carboxylic acids is 2. The van der Waals surface area contributed by atoms with Gasteiger partial charge in [0.1, 0.15) is 0 Å². The van der Waals surface area contributed by atoms with E-state index in [1.54, 1.807) is 13.8 Å². The summed E-state index contributed by atoms with van der Waals surface area (Å²) in [5.41, 5.74) is 0. The van der Waals surface area contributed by atoms with Gasteiger partial charge in [-0.3, -0.25) is 0 Å². The molecule has 0 unspecified atom stereocenters. The normalized spacial score (nSPS) is 12.2. The van der Waals surface area contributed by atoms with Gasteiger partial charge < -0.3 is 0 Å².